The first-order valence-corrected chi connectivity index (χ1v) is 11.6. The molecule has 1 N–H and O–H groups in total. The maximum atomic E-state index is 12.7. The number of piperazine rings is 1. The molecule has 1 saturated heterocycles. The Balaban J connectivity index is 1.35. The molecule has 0 spiro atoms. The van der Waals surface area contributed by atoms with E-state index in [4.69, 9.17) is 9.73 Å². The van der Waals surface area contributed by atoms with E-state index in [2.05, 4.69) is 15.4 Å². The van der Waals surface area contributed by atoms with Crippen LogP contribution >= 0.6 is 0 Å². The van der Waals surface area contributed by atoms with Crippen LogP contribution in [-0.2, 0) is 18.4 Å². The molecule has 0 aromatic carbocycles. The van der Waals surface area contributed by atoms with Crippen LogP contribution in [0.4, 0.5) is 5.69 Å². The number of hydrogen-bond acceptors (Lipinski definition) is 5. The third-order valence-corrected chi connectivity index (χ3v) is 5.91. The van der Waals surface area contributed by atoms with Crippen molar-refractivity contribution < 1.29 is 9.53 Å². The van der Waals surface area contributed by atoms with Crippen molar-refractivity contribution >= 4 is 17.6 Å². The quantitative estimate of drug-likeness (QED) is 0.549. The van der Waals surface area contributed by atoms with E-state index in [1.54, 1.807) is 15.8 Å². The Morgan fingerprint density at radius 2 is 2.06 bits per heavy atom. The first-order valence-electron chi connectivity index (χ1n) is 11.6. The topological polar surface area (TPSA) is 87.9 Å². The fourth-order valence-corrected chi connectivity index (χ4v) is 4.19. The van der Waals surface area contributed by atoms with Crippen LogP contribution in [0.3, 0.4) is 0 Å². The van der Waals surface area contributed by atoms with Crippen LogP contribution in [0.1, 0.15) is 44.6 Å². The number of aromatic nitrogens is 3. The average Bonchev–Trinajstić information content (AvgIpc) is 3.24. The molecule has 0 unspecified atom stereocenters. The number of rotatable bonds is 6. The van der Waals surface area contributed by atoms with Crippen LogP contribution in [0.25, 0.3) is 0 Å². The Morgan fingerprint density at radius 3 is 2.72 bits per heavy atom. The van der Waals surface area contributed by atoms with E-state index >= 15 is 0 Å². The van der Waals surface area contributed by atoms with Crippen LogP contribution in [0, 0.1) is 0 Å². The molecule has 172 valence electrons. The molecule has 1 saturated carbocycles. The molecule has 1 amide bonds. The van der Waals surface area contributed by atoms with Gasteiger partial charge in [-0.15, -0.1) is 0 Å². The van der Waals surface area contributed by atoms with Gasteiger partial charge in [0.2, 0.25) is 11.8 Å². The lowest BCUT2D eigenvalue weighted by Gasteiger charge is -2.35. The molecule has 32 heavy (non-hydrogen) atoms. The predicted molar refractivity (Wildman–Crippen MR) is 124 cm³/mol. The van der Waals surface area contributed by atoms with Crippen LogP contribution in [0.15, 0.2) is 35.7 Å². The summed E-state index contributed by atoms with van der Waals surface area (Å²) in [7, 11) is 1.85. The third kappa shape index (κ3) is 5.57. The third-order valence-electron chi connectivity index (χ3n) is 5.91. The van der Waals surface area contributed by atoms with Crippen molar-refractivity contribution in [1.29, 1.82) is 0 Å². The molecule has 2 aromatic rings. The molecule has 1 aliphatic heterocycles. The van der Waals surface area contributed by atoms with Gasteiger partial charge in [0.25, 0.3) is 0 Å². The van der Waals surface area contributed by atoms with Gasteiger partial charge >= 0.3 is 0 Å². The largest absolute Gasteiger partial charge is 0.474 e. The van der Waals surface area contributed by atoms with Gasteiger partial charge in [0.05, 0.1) is 18.4 Å². The summed E-state index contributed by atoms with van der Waals surface area (Å²) in [6, 6.07) is 3.95. The van der Waals surface area contributed by atoms with Gasteiger partial charge in [-0.05, 0) is 38.2 Å². The predicted octanol–water partition coefficient (Wildman–Crippen LogP) is 2.34. The number of pyridine rings is 1. The SMILES string of the molecule is CCNC(=NCc1ccc(OC2CCCCC2)nc1)N1CCN(c2cnn(C)c2)C(=O)C1. The molecule has 0 bridgehead atoms. The Bertz CT molecular complexity index is 919. The second-order valence-corrected chi connectivity index (χ2v) is 8.39. The maximum Gasteiger partial charge on any atom is 0.246 e. The zero-order valence-corrected chi connectivity index (χ0v) is 19.0. The highest BCUT2D eigenvalue weighted by molar-refractivity contribution is 5.98. The van der Waals surface area contributed by atoms with Crippen LogP contribution < -0.4 is 15.0 Å². The molecule has 4 rings (SSSR count). The zero-order chi connectivity index (χ0) is 22.3. The fraction of sp³-hybridized carbons (Fsp3) is 0.565. The smallest absolute Gasteiger partial charge is 0.246 e. The Labute approximate surface area is 189 Å². The number of aryl methyl sites for hydroxylation is 1. The molecule has 0 radical (unpaired) electrons. The maximum absolute atomic E-state index is 12.7. The molecular weight excluding hydrogens is 406 g/mol. The summed E-state index contributed by atoms with van der Waals surface area (Å²) in [5.41, 5.74) is 1.84. The van der Waals surface area contributed by atoms with Gasteiger partial charge in [-0.1, -0.05) is 12.5 Å². The minimum atomic E-state index is 0.0423. The summed E-state index contributed by atoms with van der Waals surface area (Å²) in [5.74, 6) is 1.48. The van der Waals surface area contributed by atoms with Crippen LogP contribution in [0.5, 0.6) is 5.88 Å². The molecule has 0 atom stereocenters. The summed E-state index contributed by atoms with van der Waals surface area (Å²) >= 11 is 0. The summed E-state index contributed by atoms with van der Waals surface area (Å²) < 4.78 is 7.72. The van der Waals surface area contributed by atoms with Crippen molar-refractivity contribution in [3.05, 3.63) is 36.3 Å². The molecule has 2 aliphatic rings. The number of nitrogens with one attached hydrogen (secondary N) is 1. The normalized spacial score (nSPS) is 18.2. The van der Waals surface area contributed by atoms with E-state index in [9.17, 15) is 4.79 Å². The number of guanidine groups is 1. The Kier molecular flexibility index (Phi) is 7.24. The minimum Gasteiger partial charge on any atom is -0.474 e. The van der Waals surface area contributed by atoms with Gasteiger partial charge in [-0.3, -0.25) is 9.48 Å². The van der Waals surface area contributed by atoms with E-state index < -0.39 is 0 Å². The van der Waals surface area contributed by atoms with Crippen molar-refractivity contribution in [2.45, 2.75) is 51.7 Å². The standard InChI is InChI=1S/C23H33N7O2/c1-3-24-23(29-11-12-30(22(31)17-29)19-15-27-28(2)16-19)26-14-18-9-10-21(25-13-18)32-20-7-5-4-6-8-20/h9-10,13,15-16,20H,3-8,11-12,14,17H2,1-2H3,(H,24,26). The second-order valence-electron chi connectivity index (χ2n) is 8.39. The van der Waals surface area contributed by atoms with E-state index in [0.717, 1.165) is 36.6 Å². The number of anilines is 1. The van der Waals surface area contributed by atoms with Gasteiger partial charge in [-0.2, -0.15) is 5.10 Å². The van der Waals surface area contributed by atoms with Gasteiger partial charge < -0.3 is 19.9 Å². The molecule has 2 aromatic heterocycles. The number of amides is 1. The van der Waals surface area contributed by atoms with Crippen molar-refractivity contribution in [2.24, 2.45) is 12.0 Å². The summed E-state index contributed by atoms with van der Waals surface area (Å²) in [6.07, 6.45) is 11.7. The Hall–Kier alpha value is -3.10. The molecule has 1 aliphatic carbocycles. The summed E-state index contributed by atoms with van der Waals surface area (Å²) in [5, 5.41) is 7.48. The molecular formula is C23H33N7O2. The monoisotopic (exact) mass is 439 g/mol. The highest BCUT2D eigenvalue weighted by Crippen LogP contribution is 2.22. The van der Waals surface area contributed by atoms with Crippen LogP contribution in [-0.4, -0.2) is 63.8 Å². The summed E-state index contributed by atoms with van der Waals surface area (Å²) in [4.78, 5) is 25.8. The average molecular weight is 440 g/mol. The molecule has 9 heteroatoms. The lowest BCUT2D eigenvalue weighted by Crippen LogP contribution is -2.55. The van der Waals surface area contributed by atoms with Crippen molar-refractivity contribution in [2.75, 3.05) is 31.1 Å². The fourth-order valence-electron chi connectivity index (χ4n) is 4.19. The first kappa shape index (κ1) is 22.1. The van der Waals surface area contributed by atoms with Gasteiger partial charge in [0, 0.05) is 45.1 Å². The van der Waals surface area contributed by atoms with Crippen molar-refractivity contribution in [3.8, 4) is 5.88 Å². The highest BCUT2D eigenvalue weighted by atomic mass is 16.5. The van der Waals surface area contributed by atoms with Gasteiger partial charge in [0.15, 0.2) is 5.96 Å². The minimum absolute atomic E-state index is 0.0423. The van der Waals surface area contributed by atoms with E-state index in [1.807, 2.05) is 43.4 Å². The number of carbonyl (C=O) groups excluding carboxylic acids is 1. The summed E-state index contributed by atoms with van der Waals surface area (Å²) in [6.45, 7) is 4.86. The number of ether oxygens (including phenoxy) is 1. The number of nitrogens with zero attached hydrogens (tertiary/aromatic N) is 6. The van der Waals surface area contributed by atoms with E-state index in [1.165, 1.54) is 19.3 Å². The van der Waals surface area contributed by atoms with Gasteiger partial charge in [-0.25, -0.2) is 9.98 Å². The molecule has 3 heterocycles. The Morgan fingerprint density at radius 1 is 1.22 bits per heavy atom. The van der Waals surface area contributed by atoms with Crippen LogP contribution in [0.2, 0.25) is 0 Å². The highest BCUT2D eigenvalue weighted by Gasteiger charge is 2.27. The molecule has 9 nitrogen and oxygen atoms in total. The van der Waals surface area contributed by atoms with E-state index in [-0.39, 0.29) is 12.5 Å². The number of carbonyl (C=O) groups is 1. The van der Waals surface area contributed by atoms with Crippen molar-refractivity contribution in [3.63, 3.8) is 0 Å². The number of aliphatic imine (C=N–C) groups is 1. The molecule has 2 fully saturated rings. The lowest BCUT2D eigenvalue weighted by atomic mass is 9.98. The van der Waals surface area contributed by atoms with Crippen molar-refractivity contribution in [1.82, 2.24) is 25.0 Å². The second kappa shape index (κ2) is 10.5. The number of hydrogen-bond donors (Lipinski definition) is 1. The first-order chi connectivity index (χ1) is 15.6. The lowest BCUT2D eigenvalue weighted by molar-refractivity contribution is -0.120. The van der Waals surface area contributed by atoms with E-state index in [0.29, 0.717) is 31.6 Å². The van der Waals surface area contributed by atoms with Gasteiger partial charge in [0.1, 0.15) is 12.6 Å². The zero-order valence-electron chi connectivity index (χ0n) is 19.0.